The molecule has 3 aromatic heterocycles. The Labute approximate surface area is 185 Å². The number of furan rings is 1. The summed E-state index contributed by atoms with van der Waals surface area (Å²) < 4.78 is 11.8. The molecule has 0 unspecified atom stereocenters. The fourth-order valence-corrected chi connectivity index (χ4v) is 3.64. The van der Waals surface area contributed by atoms with E-state index in [4.69, 9.17) is 14.9 Å². The van der Waals surface area contributed by atoms with Gasteiger partial charge in [-0.3, -0.25) is 9.69 Å². The second kappa shape index (κ2) is 9.49. The molecule has 32 heavy (non-hydrogen) atoms. The van der Waals surface area contributed by atoms with Crippen LogP contribution in [0, 0.1) is 5.92 Å². The number of ether oxygens (including phenoxy) is 1. The van der Waals surface area contributed by atoms with Crippen molar-refractivity contribution in [3.8, 4) is 11.6 Å². The van der Waals surface area contributed by atoms with Gasteiger partial charge in [0.05, 0.1) is 12.9 Å². The van der Waals surface area contributed by atoms with E-state index < -0.39 is 6.04 Å². The monoisotopic (exact) mass is 443 g/mol. The molecule has 3 aromatic rings. The van der Waals surface area contributed by atoms with Gasteiger partial charge in [0.2, 0.25) is 23.6 Å². The van der Waals surface area contributed by atoms with Crippen LogP contribution in [-0.4, -0.2) is 92.8 Å². The molecule has 1 saturated heterocycles. The zero-order valence-electron chi connectivity index (χ0n) is 18.6. The molecule has 1 atom stereocenters. The van der Waals surface area contributed by atoms with Gasteiger partial charge in [-0.2, -0.15) is 19.5 Å². The summed E-state index contributed by atoms with van der Waals surface area (Å²) in [7, 11) is 1.70. The standard InChI is InChI=1S/C20H29N9O3/c1-13(2)15(17(30)28-8-6-27(7-9-28)10-12-31-3)22-19-24-18(21)29-20(25-19)23-16(26-29)14-5-4-11-32-14/h4-5,11,13,15H,6-10,12H2,1-3H3,(H3,21,22,23,24,25,26)/t15-/m0/s1. The zero-order valence-corrected chi connectivity index (χ0v) is 18.6. The molecule has 0 aromatic carbocycles. The Bertz CT molecular complexity index is 1040. The molecule has 4 rings (SSSR count). The highest BCUT2D eigenvalue weighted by Crippen LogP contribution is 2.19. The van der Waals surface area contributed by atoms with Gasteiger partial charge in [0.1, 0.15) is 6.04 Å². The molecule has 1 aliphatic rings. The summed E-state index contributed by atoms with van der Waals surface area (Å²) in [4.78, 5) is 30.5. The summed E-state index contributed by atoms with van der Waals surface area (Å²) in [5, 5.41) is 7.46. The third kappa shape index (κ3) is 4.65. The van der Waals surface area contributed by atoms with Crippen molar-refractivity contribution in [3.63, 3.8) is 0 Å². The second-order valence-corrected chi connectivity index (χ2v) is 8.06. The lowest BCUT2D eigenvalue weighted by Crippen LogP contribution is -2.54. The molecule has 0 radical (unpaired) electrons. The number of piperazine rings is 1. The fourth-order valence-electron chi connectivity index (χ4n) is 3.64. The molecule has 1 aliphatic heterocycles. The Morgan fingerprint density at radius 1 is 1.25 bits per heavy atom. The third-order valence-corrected chi connectivity index (χ3v) is 5.49. The van der Waals surface area contributed by atoms with Gasteiger partial charge in [0, 0.05) is 39.8 Å². The molecule has 0 aliphatic carbocycles. The maximum Gasteiger partial charge on any atom is 0.259 e. The Morgan fingerprint density at radius 3 is 2.69 bits per heavy atom. The number of fused-ring (bicyclic) bond motifs is 1. The third-order valence-electron chi connectivity index (χ3n) is 5.49. The fraction of sp³-hybridized carbons (Fsp3) is 0.550. The normalized spacial score (nSPS) is 16.1. The first-order valence-electron chi connectivity index (χ1n) is 10.7. The molecule has 0 bridgehead atoms. The average molecular weight is 444 g/mol. The quantitative estimate of drug-likeness (QED) is 0.508. The van der Waals surface area contributed by atoms with Crippen LogP contribution in [0.5, 0.6) is 0 Å². The number of carbonyl (C=O) groups is 1. The summed E-state index contributed by atoms with van der Waals surface area (Å²) >= 11 is 0. The van der Waals surface area contributed by atoms with E-state index in [1.165, 1.54) is 4.52 Å². The molecule has 1 fully saturated rings. The highest BCUT2D eigenvalue weighted by Gasteiger charge is 2.30. The first kappa shape index (κ1) is 22.0. The Balaban J connectivity index is 1.48. The predicted molar refractivity (Wildman–Crippen MR) is 118 cm³/mol. The van der Waals surface area contributed by atoms with Crippen molar-refractivity contribution in [2.24, 2.45) is 5.92 Å². The maximum absolute atomic E-state index is 13.3. The van der Waals surface area contributed by atoms with Crippen LogP contribution in [0.15, 0.2) is 22.8 Å². The summed E-state index contributed by atoms with van der Waals surface area (Å²) in [6.07, 6.45) is 1.54. The molecule has 0 saturated carbocycles. The predicted octanol–water partition coefficient (Wildman–Crippen LogP) is 0.589. The van der Waals surface area contributed by atoms with Gasteiger partial charge in [-0.05, 0) is 18.1 Å². The molecule has 3 N–H and O–H groups in total. The van der Waals surface area contributed by atoms with Gasteiger partial charge in [-0.15, -0.1) is 5.10 Å². The van der Waals surface area contributed by atoms with Gasteiger partial charge in [0.15, 0.2) is 5.76 Å². The first-order chi connectivity index (χ1) is 15.5. The number of nitrogens with two attached hydrogens (primary N) is 1. The lowest BCUT2D eigenvalue weighted by Gasteiger charge is -2.37. The summed E-state index contributed by atoms with van der Waals surface area (Å²) in [6, 6.07) is 3.01. The molecule has 172 valence electrons. The van der Waals surface area contributed by atoms with E-state index >= 15 is 0 Å². The minimum absolute atomic E-state index is 0.0196. The van der Waals surface area contributed by atoms with Crippen LogP contribution in [0.3, 0.4) is 0 Å². The van der Waals surface area contributed by atoms with Gasteiger partial charge in [-0.25, -0.2) is 0 Å². The number of rotatable bonds is 8. The molecular formula is C20H29N9O3. The van der Waals surface area contributed by atoms with Crippen LogP contribution in [0.1, 0.15) is 13.8 Å². The Kier molecular flexibility index (Phi) is 6.51. The van der Waals surface area contributed by atoms with Crippen molar-refractivity contribution in [3.05, 3.63) is 18.4 Å². The zero-order chi connectivity index (χ0) is 22.7. The van der Waals surface area contributed by atoms with Crippen LogP contribution in [0.25, 0.3) is 17.4 Å². The van der Waals surface area contributed by atoms with Crippen molar-refractivity contribution in [1.29, 1.82) is 0 Å². The number of hydrogen-bond acceptors (Lipinski definition) is 10. The number of methoxy groups -OCH3 is 1. The lowest BCUT2D eigenvalue weighted by atomic mass is 10.0. The summed E-state index contributed by atoms with van der Waals surface area (Å²) in [6.45, 7) is 8.52. The van der Waals surface area contributed by atoms with Crippen molar-refractivity contribution < 1.29 is 13.9 Å². The molecular weight excluding hydrogens is 414 g/mol. The van der Waals surface area contributed by atoms with Crippen molar-refractivity contribution in [2.75, 3.05) is 57.5 Å². The minimum atomic E-state index is -0.491. The van der Waals surface area contributed by atoms with Crippen LogP contribution in [-0.2, 0) is 9.53 Å². The largest absolute Gasteiger partial charge is 0.461 e. The number of anilines is 2. The van der Waals surface area contributed by atoms with E-state index in [9.17, 15) is 4.79 Å². The van der Waals surface area contributed by atoms with Crippen LogP contribution in [0.2, 0.25) is 0 Å². The molecule has 1 amide bonds. The van der Waals surface area contributed by atoms with E-state index in [-0.39, 0.29) is 29.5 Å². The number of carbonyl (C=O) groups excluding carboxylic acids is 1. The highest BCUT2D eigenvalue weighted by atomic mass is 16.5. The highest BCUT2D eigenvalue weighted by molar-refractivity contribution is 5.84. The SMILES string of the molecule is COCCN1CCN(C(=O)[C@@H](Nc2nc(N)n3nc(-c4ccco4)nc3n2)C(C)C)CC1. The maximum atomic E-state index is 13.3. The number of nitrogens with zero attached hydrogens (tertiary/aromatic N) is 7. The van der Waals surface area contributed by atoms with Gasteiger partial charge in [0.25, 0.3) is 5.78 Å². The Morgan fingerprint density at radius 2 is 2.03 bits per heavy atom. The molecule has 12 nitrogen and oxygen atoms in total. The average Bonchev–Trinajstić information content (AvgIpc) is 3.46. The van der Waals surface area contributed by atoms with Crippen molar-refractivity contribution in [1.82, 2.24) is 34.4 Å². The second-order valence-electron chi connectivity index (χ2n) is 8.06. The first-order valence-corrected chi connectivity index (χ1v) is 10.7. The molecule has 0 spiro atoms. The van der Waals surface area contributed by atoms with Gasteiger partial charge >= 0.3 is 0 Å². The molecule has 4 heterocycles. The van der Waals surface area contributed by atoms with Crippen LogP contribution < -0.4 is 11.1 Å². The molecule has 12 heteroatoms. The van der Waals surface area contributed by atoms with Crippen LogP contribution in [0.4, 0.5) is 11.9 Å². The van der Waals surface area contributed by atoms with Crippen molar-refractivity contribution in [2.45, 2.75) is 19.9 Å². The van der Waals surface area contributed by atoms with Gasteiger partial charge < -0.3 is 25.1 Å². The van der Waals surface area contributed by atoms with Crippen molar-refractivity contribution >= 4 is 23.6 Å². The smallest absolute Gasteiger partial charge is 0.259 e. The van der Waals surface area contributed by atoms with E-state index in [0.29, 0.717) is 31.3 Å². The number of hydrogen-bond donors (Lipinski definition) is 2. The van der Waals surface area contributed by atoms with E-state index in [0.717, 1.165) is 19.6 Å². The lowest BCUT2D eigenvalue weighted by molar-refractivity contribution is -0.134. The number of nitrogen functional groups attached to an aromatic ring is 1. The van der Waals surface area contributed by atoms with E-state index in [1.807, 2.05) is 18.7 Å². The van der Waals surface area contributed by atoms with Gasteiger partial charge in [-0.1, -0.05) is 13.8 Å². The number of nitrogens with one attached hydrogen (secondary N) is 1. The van der Waals surface area contributed by atoms with Crippen LogP contribution >= 0.6 is 0 Å². The van der Waals surface area contributed by atoms with E-state index in [1.54, 1.807) is 25.5 Å². The number of amides is 1. The number of aromatic nitrogens is 5. The topological polar surface area (TPSA) is 140 Å². The Hall–Kier alpha value is -3.25. The summed E-state index contributed by atoms with van der Waals surface area (Å²) in [5.41, 5.74) is 6.08. The summed E-state index contributed by atoms with van der Waals surface area (Å²) in [5.74, 6) is 1.52. The minimum Gasteiger partial charge on any atom is -0.461 e. The van der Waals surface area contributed by atoms with E-state index in [2.05, 4.69) is 30.3 Å².